The number of nitriles is 1. The SMILES string of the molecule is N#Cc1ccc(S(=O)(=O)Nc2cccnc2Br)cc1. The Hall–Kier alpha value is -1.91. The second-order valence-electron chi connectivity index (χ2n) is 3.58. The maximum absolute atomic E-state index is 12.1. The maximum Gasteiger partial charge on any atom is 0.261 e. The Morgan fingerprint density at radius 2 is 1.89 bits per heavy atom. The van der Waals surface area contributed by atoms with Gasteiger partial charge in [-0.2, -0.15) is 5.26 Å². The van der Waals surface area contributed by atoms with E-state index >= 15 is 0 Å². The van der Waals surface area contributed by atoms with Crippen LogP contribution in [0.2, 0.25) is 0 Å². The molecule has 0 bridgehead atoms. The van der Waals surface area contributed by atoms with Crippen LogP contribution in [0.25, 0.3) is 0 Å². The molecule has 0 atom stereocenters. The standard InChI is InChI=1S/C12H8BrN3O2S/c13-12-11(2-1-7-15-12)16-19(17,18)10-5-3-9(8-14)4-6-10/h1-7,16H. The molecule has 0 amide bonds. The minimum Gasteiger partial charge on any atom is -0.277 e. The smallest absolute Gasteiger partial charge is 0.261 e. The van der Waals surface area contributed by atoms with Gasteiger partial charge in [0.2, 0.25) is 0 Å². The van der Waals surface area contributed by atoms with Crippen LogP contribution >= 0.6 is 15.9 Å². The third kappa shape index (κ3) is 3.10. The summed E-state index contributed by atoms with van der Waals surface area (Å²) in [5, 5.41) is 8.67. The van der Waals surface area contributed by atoms with Gasteiger partial charge >= 0.3 is 0 Å². The number of hydrogen-bond donors (Lipinski definition) is 1. The van der Waals surface area contributed by atoms with Gasteiger partial charge in [0.1, 0.15) is 4.60 Å². The monoisotopic (exact) mass is 337 g/mol. The zero-order valence-corrected chi connectivity index (χ0v) is 11.9. The van der Waals surface area contributed by atoms with E-state index in [0.717, 1.165) is 0 Å². The summed E-state index contributed by atoms with van der Waals surface area (Å²) in [5.74, 6) is 0. The highest BCUT2D eigenvalue weighted by molar-refractivity contribution is 9.10. The summed E-state index contributed by atoms with van der Waals surface area (Å²) in [6.45, 7) is 0. The lowest BCUT2D eigenvalue weighted by Gasteiger charge is -2.08. The molecule has 0 unspecified atom stereocenters. The first-order valence-corrected chi connectivity index (χ1v) is 7.44. The van der Waals surface area contributed by atoms with Crippen molar-refractivity contribution in [3.8, 4) is 6.07 Å². The van der Waals surface area contributed by atoms with Crippen molar-refractivity contribution in [2.24, 2.45) is 0 Å². The van der Waals surface area contributed by atoms with Crippen LogP contribution in [0.3, 0.4) is 0 Å². The lowest BCUT2D eigenvalue weighted by atomic mass is 10.2. The molecule has 2 rings (SSSR count). The number of pyridine rings is 1. The van der Waals surface area contributed by atoms with Crippen molar-refractivity contribution < 1.29 is 8.42 Å². The molecule has 5 nitrogen and oxygen atoms in total. The minimum absolute atomic E-state index is 0.0854. The third-order valence-electron chi connectivity index (χ3n) is 2.30. The first-order chi connectivity index (χ1) is 9.03. The van der Waals surface area contributed by atoms with Gasteiger partial charge in [0.05, 0.1) is 22.2 Å². The number of anilines is 1. The van der Waals surface area contributed by atoms with E-state index in [4.69, 9.17) is 5.26 Å². The van der Waals surface area contributed by atoms with E-state index in [1.807, 2.05) is 6.07 Å². The van der Waals surface area contributed by atoms with Crippen LogP contribution in [-0.2, 0) is 10.0 Å². The molecule has 0 radical (unpaired) electrons. The number of rotatable bonds is 3. The Morgan fingerprint density at radius 1 is 1.21 bits per heavy atom. The van der Waals surface area contributed by atoms with Gasteiger partial charge in [-0.25, -0.2) is 13.4 Å². The summed E-state index contributed by atoms with van der Waals surface area (Å²) in [4.78, 5) is 4.02. The normalized spacial score (nSPS) is 10.7. The van der Waals surface area contributed by atoms with Crippen LogP contribution in [0, 0.1) is 11.3 Å². The van der Waals surface area contributed by atoms with Gasteiger partial charge in [0.15, 0.2) is 0 Å². The molecule has 1 heterocycles. The van der Waals surface area contributed by atoms with Gasteiger partial charge in [0.25, 0.3) is 10.0 Å². The molecule has 1 aromatic carbocycles. The molecule has 0 aliphatic carbocycles. The lowest BCUT2D eigenvalue weighted by molar-refractivity contribution is 0.601. The summed E-state index contributed by atoms with van der Waals surface area (Å²) in [5.41, 5.74) is 0.758. The van der Waals surface area contributed by atoms with E-state index in [1.54, 1.807) is 18.3 Å². The van der Waals surface area contributed by atoms with E-state index in [-0.39, 0.29) is 4.90 Å². The average molecular weight is 338 g/mol. The van der Waals surface area contributed by atoms with Gasteiger partial charge in [-0.05, 0) is 52.3 Å². The largest absolute Gasteiger partial charge is 0.277 e. The van der Waals surface area contributed by atoms with Crippen LogP contribution in [0.15, 0.2) is 52.1 Å². The molecule has 96 valence electrons. The Morgan fingerprint density at radius 3 is 2.47 bits per heavy atom. The van der Waals surface area contributed by atoms with Gasteiger partial charge in [-0.15, -0.1) is 0 Å². The van der Waals surface area contributed by atoms with Gasteiger partial charge in [-0.1, -0.05) is 0 Å². The zero-order chi connectivity index (χ0) is 13.9. The number of hydrogen-bond acceptors (Lipinski definition) is 4. The summed E-state index contributed by atoms with van der Waals surface area (Å²) >= 11 is 3.16. The van der Waals surface area contributed by atoms with Crippen LogP contribution < -0.4 is 4.72 Å². The lowest BCUT2D eigenvalue weighted by Crippen LogP contribution is -2.13. The van der Waals surface area contributed by atoms with Crippen LogP contribution in [0.1, 0.15) is 5.56 Å². The predicted molar refractivity (Wildman–Crippen MR) is 73.9 cm³/mol. The molecule has 0 aliphatic rings. The van der Waals surface area contributed by atoms with E-state index in [0.29, 0.717) is 15.9 Å². The molecule has 1 aromatic heterocycles. The first kappa shape index (κ1) is 13.5. The van der Waals surface area contributed by atoms with E-state index in [1.165, 1.54) is 24.3 Å². The summed E-state index contributed by atoms with van der Waals surface area (Å²) < 4.78 is 27.1. The minimum atomic E-state index is -3.69. The number of halogens is 1. The highest BCUT2D eigenvalue weighted by Gasteiger charge is 2.15. The van der Waals surface area contributed by atoms with Crippen molar-refractivity contribution in [2.75, 3.05) is 4.72 Å². The zero-order valence-electron chi connectivity index (χ0n) is 9.54. The van der Waals surface area contributed by atoms with Crippen molar-refractivity contribution in [1.29, 1.82) is 5.26 Å². The fourth-order valence-corrected chi connectivity index (χ4v) is 2.92. The van der Waals surface area contributed by atoms with E-state index in [9.17, 15) is 8.42 Å². The molecule has 0 fully saturated rings. The van der Waals surface area contributed by atoms with Crippen LogP contribution in [0.4, 0.5) is 5.69 Å². The Labute approximate surface area is 119 Å². The Bertz CT molecular complexity index is 736. The highest BCUT2D eigenvalue weighted by Crippen LogP contribution is 2.22. The molecule has 0 saturated carbocycles. The van der Waals surface area contributed by atoms with E-state index in [2.05, 4.69) is 25.6 Å². The van der Waals surface area contributed by atoms with Crippen molar-refractivity contribution >= 4 is 31.6 Å². The number of aromatic nitrogens is 1. The number of nitrogens with zero attached hydrogens (tertiary/aromatic N) is 2. The van der Waals surface area contributed by atoms with Crippen molar-refractivity contribution in [2.45, 2.75) is 4.90 Å². The molecule has 0 spiro atoms. The molecule has 0 aliphatic heterocycles. The predicted octanol–water partition coefficient (Wildman–Crippen LogP) is 2.52. The van der Waals surface area contributed by atoms with Crippen LogP contribution in [0.5, 0.6) is 0 Å². The first-order valence-electron chi connectivity index (χ1n) is 5.16. The molecule has 19 heavy (non-hydrogen) atoms. The number of benzene rings is 1. The van der Waals surface area contributed by atoms with Crippen molar-refractivity contribution in [3.63, 3.8) is 0 Å². The Kier molecular flexibility index (Phi) is 3.83. The van der Waals surface area contributed by atoms with Gasteiger partial charge in [0, 0.05) is 6.20 Å². The second kappa shape index (κ2) is 5.38. The molecule has 1 N–H and O–H groups in total. The summed E-state index contributed by atoms with van der Waals surface area (Å²) in [6, 6.07) is 10.8. The van der Waals surface area contributed by atoms with Crippen molar-refractivity contribution in [3.05, 3.63) is 52.8 Å². The molecular formula is C12H8BrN3O2S. The molecule has 0 saturated heterocycles. The Balaban J connectivity index is 2.33. The fraction of sp³-hybridized carbons (Fsp3) is 0. The van der Waals surface area contributed by atoms with Crippen molar-refractivity contribution in [1.82, 2.24) is 4.98 Å². The highest BCUT2D eigenvalue weighted by atomic mass is 79.9. The maximum atomic E-state index is 12.1. The van der Waals surface area contributed by atoms with E-state index < -0.39 is 10.0 Å². The second-order valence-corrected chi connectivity index (χ2v) is 6.02. The number of sulfonamides is 1. The molecular weight excluding hydrogens is 330 g/mol. The third-order valence-corrected chi connectivity index (χ3v) is 4.31. The topological polar surface area (TPSA) is 82.8 Å². The van der Waals surface area contributed by atoms with Gasteiger partial charge < -0.3 is 0 Å². The quantitative estimate of drug-likeness (QED) is 0.872. The van der Waals surface area contributed by atoms with Crippen LogP contribution in [-0.4, -0.2) is 13.4 Å². The molecule has 7 heteroatoms. The summed E-state index contributed by atoms with van der Waals surface area (Å²) in [6.07, 6.45) is 1.55. The molecule has 2 aromatic rings. The average Bonchev–Trinajstić information content (AvgIpc) is 2.41. The fourth-order valence-electron chi connectivity index (χ4n) is 1.37. The summed E-state index contributed by atoms with van der Waals surface area (Å²) in [7, 11) is -3.69. The number of nitrogens with one attached hydrogen (secondary N) is 1. The van der Waals surface area contributed by atoms with Gasteiger partial charge in [-0.3, -0.25) is 4.72 Å².